The van der Waals surface area contributed by atoms with Crippen LogP contribution >= 0.6 is 11.6 Å². The van der Waals surface area contributed by atoms with Crippen molar-refractivity contribution in [2.75, 3.05) is 39.7 Å². The van der Waals surface area contributed by atoms with E-state index in [0.29, 0.717) is 5.88 Å². The topological polar surface area (TPSA) is 20.2 Å². The number of aliphatic hydroxyl groups is 1. The van der Waals surface area contributed by atoms with Gasteiger partial charge in [-0.2, -0.15) is 0 Å². The summed E-state index contributed by atoms with van der Waals surface area (Å²) in [6.07, 6.45) is 0. The van der Waals surface area contributed by atoms with E-state index in [0.717, 1.165) is 17.6 Å². The molecule has 0 fully saturated rings. The predicted molar refractivity (Wildman–Crippen MR) is 39.6 cm³/mol. The first-order valence-corrected chi connectivity index (χ1v) is 3.64. The molecule has 1 N–H and O–H groups in total. The third-order valence-electron chi connectivity index (χ3n) is 1.40. The number of hydrogen-bond acceptors (Lipinski definition) is 1. The second kappa shape index (κ2) is 6.23. The largest absolute Gasteiger partial charge is 1.00 e. The van der Waals surface area contributed by atoms with Crippen LogP contribution in [0.3, 0.4) is 0 Å². The van der Waals surface area contributed by atoms with Crippen molar-refractivity contribution in [2.24, 2.45) is 0 Å². The molecule has 0 heterocycles. The lowest BCUT2D eigenvalue weighted by Crippen LogP contribution is -3.00. The quantitative estimate of drug-likeness (QED) is 0.376. The maximum Gasteiger partial charge on any atom is 0.102 e. The van der Waals surface area contributed by atoms with Gasteiger partial charge in [-0.15, -0.1) is 11.6 Å². The second-order valence-electron chi connectivity index (χ2n) is 2.80. The van der Waals surface area contributed by atoms with Gasteiger partial charge in [0.25, 0.3) is 0 Å². The predicted octanol–water partition coefficient (Wildman–Crippen LogP) is -2.70. The SMILES string of the molecule is C[N+](C)(CCO)CCCl.[Cl-]. The van der Waals surface area contributed by atoms with Gasteiger partial charge in [-0.25, -0.2) is 0 Å². The molecular formula is C6H15Cl2NO. The summed E-state index contributed by atoms with van der Waals surface area (Å²) >= 11 is 5.52. The molecule has 0 aromatic carbocycles. The molecule has 0 aliphatic rings. The lowest BCUT2D eigenvalue weighted by molar-refractivity contribution is -0.888. The van der Waals surface area contributed by atoms with Crippen LogP contribution in [0.1, 0.15) is 0 Å². The molecule has 0 aromatic heterocycles. The molecular weight excluding hydrogens is 173 g/mol. The van der Waals surface area contributed by atoms with E-state index < -0.39 is 0 Å². The van der Waals surface area contributed by atoms with E-state index in [-0.39, 0.29) is 19.0 Å². The van der Waals surface area contributed by atoms with Gasteiger partial charge in [0.05, 0.1) is 33.1 Å². The normalized spacial score (nSPS) is 10.8. The number of hydrogen-bond donors (Lipinski definition) is 1. The van der Waals surface area contributed by atoms with Crippen molar-refractivity contribution in [1.29, 1.82) is 0 Å². The number of aliphatic hydroxyl groups excluding tert-OH is 1. The van der Waals surface area contributed by atoms with Crippen molar-refractivity contribution in [2.45, 2.75) is 0 Å². The first-order valence-electron chi connectivity index (χ1n) is 3.11. The van der Waals surface area contributed by atoms with Gasteiger partial charge in [-0.1, -0.05) is 0 Å². The number of likely N-dealkylation sites (N-methyl/N-ethyl adjacent to an activating group) is 1. The standard InChI is InChI=1S/C6H15ClNO.ClH/c1-8(2,4-3-7)5-6-9;/h9H,3-6H2,1-2H3;1H/q+1;/p-1. The molecule has 2 nitrogen and oxygen atoms in total. The Kier molecular flexibility index (Phi) is 8.17. The summed E-state index contributed by atoms with van der Waals surface area (Å²) in [5.41, 5.74) is 0. The highest BCUT2D eigenvalue weighted by molar-refractivity contribution is 6.17. The molecule has 10 heavy (non-hydrogen) atoms. The lowest BCUT2D eigenvalue weighted by atomic mass is 10.4. The Morgan fingerprint density at radius 2 is 1.80 bits per heavy atom. The van der Waals surface area contributed by atoms with Gasteiger partial charge in [0.1, 0.15) is 6.54 Å². The van der Waals surface area contributed by atoms with Crippen molar-refractivity contribution >= 4 is 11.6 Å². The molecule has 0 radical (unpaired) electrons. The average Bonchev–Trinajstić information content (AvgIpc) is 1.64. The molecule has 0 atom stereocenters. The number of nitrogens with zero attached hydrogens (tertiary/aromatic N) is 1. The van der Waals surface area contributed by atoms with E-state index >= 15 is 0 Å². The average molecular weight is 188 g/mol. The molecule has 0 unspecified atom stereocenters. The number of rotatable bonds is 4. The molecule has 0 aliphatic heterocycles. The Labute approximate surface area is 73.8 Å². The zero-order chi connectivity index (χ0) is 7.33. The smallest absolute Gasteiger partial charge is 0.102 e. The minimum Gasteiger partial charge on any atom is -1.00 e. The van der Waals surface area contributed by atoms with E-state index in [4.69, 9.17) is 16.7 Å². The maximum absolute atomic E-state index is 8.57. The van der Waals surface area contributed by atoms with Crippen molar-refractivity contribution in [3.05, 3.63) is 0 Å². The third kappa shape index (κ3) is 6.62. The molecule has 64 valence electrons. The Morgan fingerprint density at radius 3 is 2.10 bits per heavy atom. The van der Waals surface area contributed by atoms with Crippen LogP contribution < -0.4 is 12.4 Å². The summed E-state index contributed by atoms with van der Waals surface area (Å²) < 4.78 is 0.806. The molecule has 0 amide bonds. The van der Waals surface area contributed by atoms with Crippen LogP contribution in [0.5, 0.6) is 0 Å². The van der Waals surface area contributed by atoms with Crippen molar-refractivity contribution in [3.8, 4) is 0 Å². The summed E-state index contributed by atoms with van der Waals surface area (Å²) in [5.74, 6) is 0.660. The van der Waals surface area contributed by atoms with E-state index in [1.54, 1.807) is 0 Å². The van der Waals surface area contributed by atoms with Gasteiger partial charge >= 0.3 is 0 Å². The Morgan fingerprint density at radius 1 is 1.30 bits per heavy atom. The van der Waals surface area contributed by atoms with Crippen LogP contribution in [0.2, 0.25) is 0 Å². The van der Waals surface area contributed by atoms with Crippen molar-refractivity contribution in [1.82, 2.24) is 0 Å². The van der Waals surface area contributed by atoms with Crippen LogP contribution in [-0.4, -0.2) is 49.3 Å². The zero-order valence-corrected chi connectivity index (χ0v) is 7.99. The van der Waals surface area contributed by atoms with Crippen LogP contribution in [0, 0.1) is 0 Å². The first-order chi connectivity index (χ1) is 4.12. The molecule has 0 spiro atoms. The monoisotopic (exact) mass is 187 g/mol. The van der Waals surface area contributed by atoms with E-state index in [1.807, 2.05) is 0 Å². The van der Waals surface area contributed by atoms with Gasteiger partial charge in [-0.3, -0.25) is 0 Å². The molecule has 0 saturated heterocycles. The zero-order valence-electron chi connectivity index (χ0n) is 6.48. The molecule has 0 bridgehead atoms. The third-order valence-corrected chi connectivity index (χ3v) is 1.56. The van der Waals surface area contributed by atoms with Crippen LogP contribution in [0.4, 0.5) is 0 Å². The lowest BCUT2D eigenvalue weighted by Gasteiger charge is -2.27. The number of quaternary nitrogens is 1. The number of halogens is 2. The van der Waals surface area contributed by atoms with E-state index in [9.17, 15) is 0 Å². The van der Waals surface area contributed by atoms with Crippen molar-refractivity contribution in [3.63, 3.8) is 0 Å². The Bertz CT molecular complexity index is 70.1. The highest BCUT2D eigenvalue weighted by Crippen LogP contribution is 1.95. The summed E-state index contributed by atoms with van der Waals surface area (Å²) in [6.45, 7) is 1.94. The summed E-state index contributed by atoms with van der Waals surface area (Å²) in [5, 5.41) is 8.57. The first kappa shape index (κ1) is 13.1. The fraction of sp³-hybridized carbons (Fsp3) is 1.00. The minimum absolute atomic E-state index is 0. The van der Waals surface area contributed by atoms with Crippen LogP contribution in [0.25, 0.3) is 0 Å². The van der Waals surface area contributed by atoms with Gasteiger partial charge in [0.2, 0.25) is 0 Å². The van der Waals surface area contributed by atoms with Crippen molar-refractivity contribution < 1.29 is 22.0 Å². The van der Waals surface area contributed by atoms with Crippen LogP contribution in [0.15, 0.2) is 0 Å². The molecule has 0 saturated carbocycles. The maximum atomic E-state index is 8.57. The fourth-order valence-electron chi connectivity index (χ4n) is 0.611. The fourth-order valence-corrected chi connectivity index (χ4v) is 1.07. The minimum atomic E-state index is 0. The molecule has 0 rings (SSSR count). The van der Waals surface area contributed by atoms with Crippen LogP contribution in [-0.2, 0) is 0 Å². The second-order valence-corrected chi connectivity index (χ2v) is 3.17. The molecule has 0 aromatic rings. The molecule has 4 heteroatoms. The Balaban J connectivity index is 0. The summed E-state index contributed by atoms with van der Waals surface area (Å²) in [7, 11) is 4.11. The van der Waals surface area contributed by atoms with E-state index in [1.165, 1.54) is 0 Å². The van der Waals surface area contributed by atoms with Gasteiger partial charge < -0.3 is 22.0 Å². The number of alkyl halides is 1. The van der Waals surface area contributed by atoms with Gasteiger partial charge in [-0.05, 0) is 0 Å². The summed E-state index contributed by atoms with van der Waals surface area (Å²) in [4.78, 5) is 0. The summed E-state index contributed by atoms with van der Waals surface area (Å²) in [6, 6.07) is 0. The highest BCUT2D eigenvalue weighted by Gasteiger charge is 2.11. The van der Waals surface area contributed by atoms with Gasteiger partial charge in [0, 0.05) is 0 Å². The van der Waals surface area contributed by atoms with Gasteiger partial charge in [0.15, 0.2) is 0 Å². The van der Waals surface area contributed by atoms with E-state index in [2.05, 4.69) is 14.1 Å². The molecule has 0 aliphatic carbocycles. The highest BCUT2D eigenvalue weighted by atomic mass is 35.5. The Hall–Kier alpha value is 0.500.